The zero-order chi connectivity index (χ0) is 12.4. The molecular weight excluding hydrogens is 240 g/mol. The second-order valence-electron chi connectivity index (χ2n) is 4.65. The van der Waals surface area contributed by atoms with Gasteiger partial charge >= 0.3 is 0 Å². The van der Waals surface area contributed by atoms with Gasteiger partial charge in [0.1, 0.15) is 0 Å². The molecule has 1 aliphatic rings. The van der Waals surface area contributed by atoms with Crippen molar-refractivity contribution in [3.63, 3.8) is 0 Å². The molecule has 0 saturated heterocycles. The Morgan fingerprint density at radius 3 is 2.71 bits per heavy atom. The molecule has 17 heavy (non-hydrogen) atoms. The van der Waals surface area contributed by atoms with Gasteiger partial charge in [0.25, 0.3) is 10.0 Å². The van der Waals surface area contributed by atoms with E-state index in [-0.39, 0.29) is 10.4 Å². The van der Waals surface area contributed by atoms with E-state index in [1.807, 2.05) is 0 Å². The molecule has 0 spiro atoms. The fourth-order valence-corrected chi connectivity index (χ4v) is 3.35. The van der Waals surface area contributed by atoms with Gasteiger partial charge in [0, 0.05) is 6.54 Å². The first-order valence-corrected chi connectivity index (χ1v) is 7.24. The lowest BCUT2D eigenvalue weighted by Crippen LogP contribution is -2.40. The molecule has 1 aromatic rings. The quantitative estimate of drug-likeness (QED) is 0.702. The number of nitrogens with zero attached hydrogens (tertiary/aromatic N) is 1. The van der Waals surface area contributed by atoms with E-state index in [4.69, 9.17) is 5.73 Å². The predicted molar refractivity (Wildman–Crippen MR) is 63.7 cm³/mol. The van der Waals surface area contributed by atoms with E-state index in [2.05, 4.69) is 14.7 Å². The summed E-state index contributed by atoms with van der Waals surface area (Å²) in [6, 6.07) is 0. The average Bonchev–Trinajstić information content (AvgIpc) is 2.99. The first kappa shape index (κ1) is 12.5. The summed E-state index contributed by atoms with van der Waals surface area (Å²) in [4.78, 5) is 6.30. The summed E-state index contributed by atoms with van der Waals surface area (Å²) in [5, 5.41) is 0.0997. The highest BCUT2D eigenvalue weighted by Gasteiger charge is 2.33. The van der Waals surface area contributed by atoms with Crippen LogP contribution >= 0.6 is 0 Å². The van der Waals surface area contributed by atoms with Gasteiger partial charge in [-0.05, 0) is 24.8 Å². The number of hydrogen-bond donors (Lipinski definition) is 3. The number of nitrogens with one attached hydrogen (secondary N) is 2. The third-order valence-electron chi connectivity index (χ3n) is 3.50. The maximum Gasteiger partial charge on any atom is 0.257 e. The summed E-state index contributed by atoms with van der Waals surface area (Å²) in [6.07, 6.45) is 6.89. The van der Waals surface area contributed by atoms with E-state index in [0.29, 0.717) is 13.1 Å². The minimum atomic E-state index is -3.48. The molecule has 0 amide bonds. The third kappa shape index (κ3) is 2.67. The Labute approximate surface area is 101 Å². The van der Waals surface area contributed by atoms with Crippen molar-refractivity contribution in [2.24, 2.45) is 11.1 Å². The summed E-state index contributed by atoms with van der Waals surface area (Å²) < 4.78 is 26.4. The van der Waals surface area contributed by atoms with Gasteiger partial charge in [0.2, 0.25) is 0 Å². The van der Waals surface area contributed by atoms with Crippen molar-refractivity contribution in [2.45, 2.75) is 30.7 Å². The Kier molecular flexibility index (Phi) is 3.50. The van der Waals surface area contributed by atoms with Crippen LogP contribution in [0.25, 0.3) is 0 Å². The molecule has 0 atom stereocenters. The largest absolute Gasteiger partial charge is 0.335 e. The van der Waals surface area contributed by atoms with Crippen molar-refractivity contribution in [2.75, 3.05) is 13.1 Å². The highest BCUT2D eigenvalue weighted by molar-refractivity contribution is 7.89. The van der Waals surface area contributed by atoms with Gasteiger partial charge in [-0.2, -0.15) is 0 Å². The number of rotatable bonds is 5. The number of hydrogen-bond acceptors (Lipinski definition) is 4. The van der Waals surface area contributed by atoms with Crippen LogP contribution in [0.3, 0.4) is 0 Å². The third-order valence-corrected chi connectivity index (χ3v) is 4.82. The average molecular weight is 258 g/mol. The van der Waals surface area contributed by atoms with E-state index in [1.165, 1.54) is 12.5 Å². The summed E-state index contributed by atoms with van der Waals surface area (Å²) in [6.45, 7) is 0.934. The molecule has 1 aromatic heterocycles. The fraction of sp³-hybridized carbons (Fsp3) is 0.700. The first-order chi connectivity index (χ1) is 8.08. The molecule has 0 bridgehead atoms. The van der Waals surface area contributed by atoms with Gasteiger partial charge in [-0.3, -0.25) is 0 Å². The maximum atomic E-state index is 11.9. The lowest BCUT2D eigenvalue weighted by Gasteiger charge is -2.26. The Bertz CT molecular complexity index is 449. The van der Waals surface area contributed by atoms with E-state index in [0.717, 1.165) is 25.7 Å². The topological polar surface area (TPSA) is 101 Å². The molecule has 1 aliphatic carbocycles. The molecule has 1 heterocycles. The Morgan fingerprint density at radius 1 is 1.47 bits per heavy atom. The van der Waals surface area contributed by atoms with Crippen molar-refractivity contribution in [1.29, 1.82) is 0 Å². The number of aromatic amines is 1. The molecule has 0 radical (unpaired) electrons. The number of nitrogens with two attached hydrogens (primary N) is 1. The van der Waals surface area contributed by atoms with E-state index in [1.54, 1.807) is 0 Å². The number of sulfonamides is 1. The lowest BCUT2D eigenvalue weighted by atomic mass is 9.87. The second-order valence-corrected chi connectivity index (χ2v) is 6.39. The molecule has 4 N–H and O–H groups in total. The summed E-state index contributed by atoms with van der Waals surface area (Å²) in [5.74, 6) is 0. The van der Waals surface area contributed by atoms with Crippen LogP contribution < -0.4 is 10.5 Å². The highest BCUT2D eigenvalue weighted by Crippen LogP contribution is 2.36. The van der Waals surface area contributed by atoms with Crippen molar-refractivity contribution in [1.82, 2.24) is 14.7 Å². The van der Waals surface area contributed by atoms with Crippen LogP contribution in [0.2, 0.25) is 0 Å². The van der Waals surface area contributed by atoms with Crippen LogP contribution in [-0.2, 0) is 10.0 Å². The van der Waals surface area contributed by atoms with Gasteiger partial charge in [-0.1, -0.05) is 12.8 Å². The molecule has 0 aliphatic heterocycles. The fourth-order valence-electron chi connectivity index (χ4n) is 2.29. The van der Waals surface area contributed by atoms with Crippen LogP contribution in [0.1, 0.15) is 25.7 Å². The van der Waals surface area contributed by atoms with Crippen LogP contribution in [-0.4, -0.2) is 31.5 Å². The molecular formula is C10H18N4O2S. The summed E-state index contributed by atoms with van der Waals surface area (Å²) in [7, 11) is -3.48. The van der Waals surface area contributed by atoms with E-state index in [9.17, 15) is 8.42 Å². The van der Waals surface area contributed by atoms with E-state index < -0.39 is 10.0 Å². The van der Waals surface area contributed by atoms with Gasteiger partial charge < -0.3 is 10.7 Å². The number of imidazole rings is 1. The predicted octanol–water partition coefficient (Wildman–Crippen LogP) is 0.207. The smallest absolute Gasteiger partial charge is 0.257 e. The normalized spacial score (nSPS) is 19.6. The minimum absolute atomic E-state index is 0.0624. The van der Waals surface area contributed by atoms with Crippen molar-refractivity contribution < 1.29 is 8.42 Å². The summed E-state index contributed by atoms with van der Waals surface area (Å²) in [5.41, 5.74) is 5.70. The SMILES string of the molecule is NCC1(CNS(=O)(=O)c2cnc[nH]2)CCCC1. The van der Waals surface area contributed by atoms with Crippen molar-refractivity contribution >= 4 is 10.0 Å². The minimum Gasteiger partial charge on any atom is -0.335 e. The Balaban J connectivity index is 2.02. The Hall–Kier alpha value is -0.920. The monoisotopic (exact) mass is 258 g/mol. The highest BCUT2D eigenvalue weighted by atomic mass is 32.2. The zero-order valence-corrected chi connectivity index (χ0v) is 10.5. The molecule has 0 aromatic carbocycles. The van der Waals surface area contributed by atoms with Crippen molar-refractivity contribution in [3.8, 4) is 0 Å². The first-order valence-electron chi connectivity index (χ1n) is 5.76. The molecule has 6 nitrogen and oxygen atoms in total. The molecule has 96 valence electrons. The maximum absolute atomic E-state index is 11.9. The van der Waals surface area contributed by atoms with Crippen LogP contribution in [0, 0.1) is 5.41 Å². The van der Waals surface area contributed by atoms with Gasteiger partial charge in [-0.15, -0.1) is 0 Å². The van der Waals surface area contributed by atoms with Crippen LogP contribution in [0.4, 0.5) is 0 Å². The molecule has 1 fully saturated rings. The molecule has 0 unspecified atom stereocenters. The standard InChI is InChI=1S/C10H18N4O2S/c11-6-10(3-1-2-4-10)7-14-17(15,16)9-5-12-8-13-9/h5,8,14H,1-4,6-7,11H2,(H,12,13). The second kappa shape index (κ2) is 4.75. The van der Waals surface area contributed by atoms with Gasteiger partial charge in [0.05, 0.1) is 12.5 Å². The van der Waals surface area contributed by atoms with Crippen LogP contribution in [0.5, 0.6) is 0 Å². The zero-order valence-electron chi connectivity index (χ0n) is 9.65. The molecule has 2 rings (SSSR count). The van der Waals surface area contributed by atoms with E-state index >= 15 is 0 Å². The number of aromatic nitrogens is 2. The van der Waals surface area contributed by atoms with Crippen molar-refractivity contribution in [3.05, 3.63) is 12.5 Å². The number of H-pyrrole nitrogens is 1. The molecule has 7 heteroatoms. The van der Waals surface area contributed by atoms with Crippen LogP contribution in [0.15, 0.2) is 17.6 Å². The molecule has 1 saturated carbocycles. The van der Waals surface area contributed by atoms with Gasteiger partial charge in [-0.25, -0.2) is 18.1 Å². The Morgan fingerprint density at radius 2 is 2.18 bits per heavy atom. The summed E-state index contributed by atoms with van der Waals surface area (Å²) >= 11 is 0. The van der Waals surface area contributed by atoms with Gasteiger partial charge in [0.15, 0.2) is 5.03 Å². The lowest BCUT2D eigenvalue weighted by molar-refractivity contribution is 0.309.